The van der Waals surface area contributed by atoms with Crippen LogP contribution in [0.15, 0.2) is 70.7 Å². The molecule has 3 aromatic carbocycles. The maximum absolute atomic E-state index is 12.6. The molecule has 0 aliphatic carbocycles. The van der Waals surface area contributed by atoms with E-state index >= 15 is 0 Å². The highest BCUT2D eigenvalue weighted by molar-refractivity contribution is 9.10. The van der Waals surface area contributed by atoms with Crippen molar-refractivity contribution in [3.63, 3.8) is 0 Å². The molecule has 0 atom stereocenters. The van der Waals surface area contributed by atoms with Gasteiger partial charge in [0.2, 0.25) is 0 Å². The number of benzene rings is 3. The molecule has 0 unspecified atom stereocenters. The van der Waals surface area contributed by atoms with Gasteiger partial charge in [0.15, 0.2) is 11.5 Å². The molecular weight excluding hydrogens is 538 g/mol. The maximum atomic E-state index is 12.6. The third-order valence-corrected chi connectivity index (χ3v) is 5.48. The van der Waals surface area contributed by atoms with Crippen molar-refractivity contribution in [3.8, 4) is 17.6 Å². The second-order valence-corrected chi connectivity index (χ2v) is 8.40. The molecule has 0 aliphatic heterocycles. The molecule has 35 heavy (non-hydrogen) atoms. The third kappa shape index (κ3) is 7.06. The fourth-order valence-electron chi connectivity index (χ4n) is 2.99. The molecule has 0 saturated carbocycles. The normalized spacial score (nSPS) is 10.9. The van der Waals surface area contributed by atoms with Gasteiger partial charge < -0.3 is 14.8 Å². The first-order valence-corrected chi connectivity index (χ1v) is 11.5. The van der Waals surface area contributed by atoms with Crippen LogP contribution in [0.5, 0.6) is 11.5 Å². The van der Waals surface area contributed by atoms with Crippen molar-refractivity contribution in [2.75, 3.05) is 11.9 Å². The number of hydrogen-bond donors (Lipinski definition) is 1. The zero-order valence-corrected chi connectivity index (χ0v) is 20.8. The summed E-state index contributed by atoms with van der Waals surface area (Å²) in [5.41, 5.74) is 1.68. The number of carbonyl (C=O) groups excluding carboxylic acids is 1. The van der Waals surface area contributed by atoms with Gasteiger partial charge in [0, 0.05) is 22.8 Å². The fourth-order valence-corrected chi connectivity index (χ4v) is 3.69. The molecule has 0 saturated heterocycles. The summed E-state index contributed by atoms with van der Waals surface area (Å²) in [6.07, 6.45) is 1.44. The fraction of sp³-hybridized carbons (Fsp3) is 0.120. The number of anilines is 1. The first-order chi connectivity index (χ1) is 16.8. The Morgan fingerprint density at radius 2 is 1.86 bits per heavy atom. The number of non-ortho nitro benzene ring substituents is 1. The number of nitrogens with one attached hydrogen (secondary N) is 1. The van der Waals surface area contributed by atoms with Crippen LogP contribution in [0.1, 0.15) is 18.1 Å². The molecule has 3 rings (SSSR count). The lowest BCUT2D eigenvalue weighted by Gasteiger charge is -2.15. The number of nitro benzene ring substituents is 1. The van der Waals surface area contributed by atoms with Crippen LogP contribution in [0.25, 0.3) is 6.08 Å². The van der Waals surface area contributed by atoms with E-state index in [2.05, 4.69) is 21.2 Å². The molecule has 0 aliphatic rings. The van der Waals surface area contributed by atoms with E-state index in [1.54, 1.807) is 48.5 Å². The van der Waals surface area contributed by atoms with Crippen LogP contribution < -0.4 is 14.8 Å². The van der Waals surface area contributed by atoms with Gasteiger partial charge in [-0.2, -0.15) is 5.26 Å². The average molecular weight is 557 g/mol. The maximum Gasteiger partial charge on any atom is 0.269 e. The molecule has 0 fully saturated rings. The van der Waals surface area contributed by atoms with Gasteiger partial charge in [-0.25, -0.2) is 0 Å². The molecule has 178 valence electrons. The Hall–Kier alpha value is -3.87. The number of nitrogens with zero attached hydrogens (tertiary/aromatic N) is 2. The van der Waals surface area contributed by atoms with Crippen molar-refractivity contribution in [2.24, 2.45) is 0 Å². The topological polar surface area (TPSA) is 114 Å². The average Bonchev–Trinajstić information content (AvgIpc) is 2.83. The summed E-state index contributed by atoms with van der Waals surface area (Å²) in [4.78, 5) is 22.9. The molecule has 0 spiro atoms. The number of amides is 1. The molecule has 10 heteroatoms. The minimum Gasteiger partial charge on any atom is -0.490 e. The highest BCUT2D eigenvalue weighted by atomic mass is 79.9. The molecule has 3 aromatic rings. The van der Waals surface area contributed by atoms with Crippen molar-refractivity contribution >= 4 is 50.9 Å². The summed E-state index contributed by atoms with van der Waals surface area (Å²) in [5, 5.41) is 23.5. The highest BCUT2D eigenvalue weighted by Gasteiger charge is 2.15. The van der Waals surface area contributed by atoms with Crippen LogP contribution in [-0.2, 0) is 11.4 Å². The minimum absolute atomic E-state index is 0.00512. The number of rotatable bonds is 9. The van der Waals surface area contributed by atoms with Crippen LogP contribution in [0.3, 0.4) is 0 Å². The summed E-state index contributed by atoms with van der Waals surface area (Å²) in [5.74, 6) is 0.263. The van der Waals surface area contributed by atoms with Crippen LogP contribution in [0.4, 0.5) is 11.4 Å². The highest BCUT2D eigenvalue weighted by Crippen LogP contribution is 2.38. The Morgan fingerprint density at radius 3 is 2.46 bits per heavy atom. The first-order valence-electron chi connectivity index (χ1n) is 10.3. The van der Waals surface area contributed by atoms with Crippen molar-refractivity contribution in [1.29, 1.82) is 5.26 Å². The summed E-state index contributed by atoms with van der Waals surface area (Å²) in [7, 11) is 0. The monoisotopic (exact) mass is 555 g/mol. The van der Waals surface area contributed by atoms with Crippen LogP contribution in [0, 0.1) is 21.4 Å². The molecule has 1 amide bonds. The van der Waals surface area contributed by atoms with Crippen molar-refractivity contribution < 1.29 is 19.2 Å². The van der Waals surface area contributed by atoms with Gasteiger partial charge in [0.1, 0.15) is 18.2 Å². The number of nitro groups is 1. The number of hydrogen-bond acceptors (Lipinski definition) is 6. The molecule has 0 radical (unpaired) electrons. The van der Waals surface area contributed by atoms with Crippen LogP contribution >= 0.6 is 27.5 Å². The second-order valence-electron chi connectivity index (χ2n) is 7.11. The van der Waals surface area contributed by atoms with Gasteiger partial charge in [-0.15, -0.1) is 0 Å². The largest absolute Gasteiger partial charge is 0.490 e. The number of ether oxygens (including phenoxy) is 2. The van der Waals surface area contributed by atoms with Crippen molar-refractivity contribution in [1.82, 2.24) is 0 Å². The van der Waals surface area contributed by atoms with Gasteiger partial charge in [-0.05, 0) is 88.6 Å². The second kappa shape index (κ2) is 12.0. The van der Waals surface area contributed by atoms with Gasteiger partial charge in [0.05, 0.1) is 16.0 Å². The van der Waals surface area contributed by atoms with Gasteiger partial charge in [0.25, 0.3) is 11.6 Å². The Bertz CT molecular complexity index is 1300. The van der Waals surface area contributed by atoms with E-state index in [4.69, 9.17) is 21.1 Å². The van der Waals surface area contributed by atoms with Gasteiger partial charge >= 0.3 is 0 Å². The molecule has 0 aromatic heterocycles. The Balaban J connectivity index is 1.81. The third-order valence-electron chi connectivity index (χ3n) is 4.64. The summed E-state index contributed by atoms with van der Waals surface area (Å²) < 4.78 is 12.2. The Labute approximate surface area is 215 Å². The standard InChI is InChI=1S/C25H19BrClN3O5/c1-2-34-23-13-17(11-18(14-28)25(31)29-20-7-5-19(27)6-8-20)12-22(26)24(23)35-15-16-3-9-21(10-4-16)30(32)33/h3-13H,2,15H2,1H3,(H,29,31)/b18-11-. The van der Waals surface area contributed by atoms with E-state index in [1.165, 1.54) is 18.2 Å². The van der Waals surface area contributed by atoms with E-state index in [0.717, 1.165) is 5.56 Å². The smallest absolute Gasteiger partial charge is 0.269 e. The zero-order valence-electron chi connectivity index (χ0n) is 18.5. The first kappa shape index (κ1) is 25.7. The zero-order chi connectivity index (χ0) is 25.4. The van der Waals surface area contributed by atoms with Crippen LogP contribution in [0.2, 0.25) is 5.02 Å². The van der Waals surface area contributed by atoms with E-state index in [-0.39, 0.29) is 17.9 Å². The summed E-state index contributed by atoms with van der Waals surface area (Å²) in [6, 6.07) is 17.8. The summed E-state index contributed by atoms with van der Waals surface area (Å²) in [6.45, 7) is 2.32. The molecule has 1 N–H and O–H groups in total. The minimum atomic E-state index is -0.567. The quantitative estimate of drug-likeness (QED) is 0.139. The van der Waals surface area contributed by atoms with Crippen molar-refractivity contribution in [3.05, 3.63) is 97.0 Å². The van der Waals surface area contributed by atoms with E-state index < -0.39 is 10.8 Å². The predicted octanol–water partition coefficient (Wildman–Crippen LogP) is 6.53. The van der Waals surface area contributed by atoms with Gasteiger partial charge in [-0.1, -0.05) is 11.6 Å². The lowest BCUT2D eigenvalue weighted by molar-refractivity contribution is -0.384. The molecule has 0 heterocycles. The Morgan fingerprint density at radius 1 is 1.17 bits per heavy atom. The van der Waals surface area contributed by atoms with E-state index in [1.807, 2.05) is 13.0 Å². The van der Waals surface area contributed by atoms with E-state index in [0.29, 0.717) is 38.9 Å². The molecular formula is C25H19BrClN3O5. The van der Waals surface area contributed by atoms with Crippen LogP contribution in [-0.4, -0.2) is 17.4 Å². The number of nitriles is 1. The van der Waals surface area contributed by atoms with E-state index in [9.17, 15) is 20.2 Å². The predicted molar refractivity (Wildman–Crippen MR) is 136 cm³/mol. The summed E-state index contributed by atoms with van der Waals surface area (Å²) >= 11 is 9.32. The molecule has 8 nitrogen and oxygen atoms in total. The lowest BCUT2D eigenvalue weighted by Crippen LogP contribution is -2.13. The number of carbonyl (C=O) groups is 1. The van der Waals surface area contributed by atoms with Gasteiger partial charge in [-0.3, -0.25) is 14.9 Å². The van der Waals surface area contributed by atoms with Crippen molar-refractivity contribution in [2.45, 2.75) is 13.5 Å². The lowest BCUT2D eigenvalue weighted by atomic mass is 10.1. The Kier molecular flexibility index (Phi) is 8.84. The molecule has 0 bridgehead atoms. The number of halogens is 2. The SMILES string of the molecule is CCOc1cc(/C=C(/C#N)C(=O)Nc2ccc(Cl)cc2)cc(Br)c1OCc1ccc([N+](=O)[O-])cc1.